The Bertz CT molecular complexity index is 917. The van der Waals surface area contributed by atoms with E-state index in [0.29, 0.717) is 5.56 Å². The average molecular weight is 412 g/mol. The number of rotatable bonds is 8. The van der Waals surface area contributed by atoms with Gasteiger partial charge in [-0.2, -0.15) is 0 Å². The molecule has 1 aliphatic carbocycles. The zero-order valence-electron chi connectivity index (χ0n) is 16.0. The first-order valence-electron chi connectivity index (χ1n) is 9.09. The first-order valence-corrected chi connectivity index (χ1v) is 10.2. The number of anilines is 3. The van der Waals surface area contributed by atoms with Crippen LogP contribution < -0.4 is 14.8 Å². The highest BCUT2D eigenvalue weighted by molar-refractivity contribution is 7.88. The fraction of sp³-hybridized carbons (Fsp3) is 0.400. The van der Waals surface area contributed by atoms with E-state index in [1.807, 2.05) is 6.92 Å². The summed E-state index contributed by atoms with van der Waals surface area (Å²) in [6.45, 7) is 3.72. The van der Waals surface area contributed by atoms with Crippen LogP contribution >= 0.6 is 0 Å². The Kier molecular flexibility index (Phi) is 5.88. The molecule has 4 nitrogen and oxygen atoms in total. The second-order valence-corrected chi connectivity index (χ2v) is 8.64. The van der Waals surface area contributed by atoms with Crippen molar-refractivity contribution in [3.05, 3.63) is 47.3 Å². The molecule has 1 atom stereocenters. The Morgan fingerprint density at radius 1 is 1.14 bits per heavy atom. The van der Waals surface area contributed by atoms with E-state index in [-0.39, 0.29) is 27.6 Å². The quantitative estimate of drug-likeness (QED) is 0.596. The fourth-order valence-corrected chi connectivity index (χ4v) is 4.63. The molecular formula is C20H23F3N2O2S. The van der Waals surface area contributed by atoms with Crippen LogP contribution in [0, 0.1) is 24.4 Å². The molecule has 152 valence electrons. The van der Waals surface area contributed by atoms with Crippen molar-refractivity contribution in [3.63, 3.8) is 0 Å². The lowest BCUT2D eigenvalue weighted by Crippen LogP contribution is -2.24. The smallest absolute Gasteiger partial charge is 0.184 e. The monoisotopic (exact) mass is 412 g/mol. The van der Waals surface area contributed by atoms with Crippen LogP contribution in [0.4, 0.5) is 30.2 Å². The van der Waals surface area contributed by atoms with E-state index in [1.165, 1.54) is 19.2 Å². The SMILES string of the molecule is CCCC1(S(=O)Nc2c(OC)cc(F)c(F)c2Nc2ccc(C)cc2F)CC1. The van der Waals surface area contributed by atoms with Crippen molar-refractivity contribution in [2.75, 3.05) is 17.1 Å². The molecule has 0 heterocycles. The molecule has 3 rings (SSSR count). The van der Waals surface area contributed by atoms with E-state index in [1.54, 1.807) is 13.0 Å². The number of halogens is 3. The van der Waals surface area contributed by atoms with E-state index in [0.717, 1.165) is 31.7 Å². The van der Waals surface area contributed by atoms with Crippen molar-refractivity contribution >= 4 is 28.0 Å². The highest BCUT2D eigenvalue weighted by Crippen LogP contribution is 2.47. The van der Waals surface area contributed by atoms with E-state index >= 15 is 0 Å². The summed E-state index contributed by atoms with van der Waals surface area (Å²) in [5.41, 5.74) is 0.318. The molecule has 2 aromatic rings. The molecule has 0 spiro atoms. The predicted octanol–water partition coefficient (Wildman–Crippen LogP) is 5.57. The van der Waals surface area contributed by atoms with Crippen LogP contribution in [0.25, 0.3) is 0 Å². The standard InChI is InChI=1S/C20H23F3N2O2S/c1-4-7-20(8-9-20)28(26)25-18-16(27-3)11-14(22)17(23)19(18)24-15-6-5-12(2)10-13(15)21/h5-6,10-11,24-25H,4,7-9H2,1-3H3. The molecule has 1 saturated carbocycles. The zero-order chi connectivity index (χ0) is 20.5. The van der Waals surface area contributed by atoms with Crippen molar-refractivity contribution in [2.45, 2.75) is 44.3 Å². The number of benzene rings is 2. The first kappa shape index (κ1) is 20.5. The summed E-state index contributed by atoms with van der Waals surface area (Å²) >= 11 is 0. The second kappa shape index (κ2) is 8.03. The van der Waals surface area contributed by atoms with Crippen LogP contribution in [0.2, 0.25) is 0 Å². The summed E-state index contributed by atoms with van der Waals surface area (Å²) in [5.74, 6) is -2.99. The molecule has 2 aromatic carbocycles. The van der Waals surface area contributed by atoms with Crippen molar-refractivity contribution in [1.82, 2.24) is 0 Å². The summed E-state index contributed by atoms with van der Waals surface area (Å²) in [5, 5.41) is 2.59. The molecule has 2 N–H and O–H groups in total. The molecule has 0 radical (unpaired) electrons. The topological polar surface area (TPSA) is 50.4 Å². The lowest BCUT2D eigenvalue weighted by Gasteiger charge is -2.21. The van der Waals surface area contributed by atoms with Crippen LogP contribution in [0.15, 0.2) is 24.3 Å². The third-order valence-electron chi connectivity index (χ3n) is 4.89. The van der Waals surface area contributed by atoms with Gasteiger partial charge in [0.2, 0.25) is 0 Å². The lowest BCUT2D eigenvalue weighted by atomic mass is 10.2. The van der Waals surface area contributed by atoms with Gasteiger partial charge in [0, 0.05) is 6.07 Å². The molecule has 1 aliphatic rings. The van der Waals surface area contributed by atoms with E-state index < -0.39 is 28.4 Å². The van der Waals surface area contributed by atoms with Gasteiger partial charge in [-0.1, -0.05) is 19.4 Å². The Morgan fingerprint density at radius 3 is 2.43 bits per heavy atom. The number of aryl methyl sites for hydroxylation is 1. The molecule has 0 aliphatic heterocycles. The maximum absolute atomic E-state index is 14.6. The van der Waals surface area contributed by atoms with Gasteiger partial charge in [-0.15, -0.1) is 0 Å². The number of methoxy groups -OCH3 is 1. The van der Waals surface area contributed by atoms with E-state index in [2.05, 4.69) is 10.0 Å². The van der Waals surface area contributed by atoms with Crippen molar-refractivity contribution < 1.29 is 22.1 Å². The first-order chi connectivity index (χ1) is 13.3. The van der Waals surface area contributed by atoms with Gasteiger partial charge in [-0.3, -0.25) is 4.72 Å². The highest BCUT2D eigenvalue weighted by Gasteiger charge is 2.48. The van der Waals surface area contributed by atoms with Crippen LogP contribution in [0.3, 0.4) is 0 Å². The third kappa shape index (κ3) is 3.97. The Morgan fingerprint density at radius 2 is 1.86 bits per heavy atom. The number of nitrogens with one attached hydrogen (secondary N) is 2. The summed E-state index contributed by atoms with van der Waals surface area (Å²) in [4.78, 5) is 0. The van der Waals surface area contributed by atoms with Gasteiger partial charge in [0.15, 0.2) is 11.6 Å². The number of hydrogen-bond donors (Lipinski definition) is 2. The molecule has 1 unspecified atom stereocenters. The molecule has 0 amide bonds. The molecule has 28 heavy (non-hydrogen) atoms. The Balaban J connectivity index is 2.02. The van der Waals surface area contributed by atoms with Gasteiger partial charge in [0.1, 0.15) is 33.9 Å². The van der Waals surface area contributed by atoms with Gasteiger partial charge in [-0.05, 0) is 43.9 Å². The minimum Gasteiger partial charge on any atom is -0.494 e. The molecule has 8 heteroatoms. The zero-order valence-corrected chi connectivity index (χ0v) is 16.8. The normalized spacial score (nSPS) is 15.8. The lowest BCUT2D eigenvalue weighted by molar-refractivity contribution is 0.409. The fourth-order valence-electron chi connectivity index (χ4n) is 3.16. The van der Waals surface area contributed by atoms with Crippen molar-refractivity contribution in [2.24, 2.45) is 0 Å². The van der Waals surface area contributed by atoms with Gasteiger partial charge < -0.3 is 10.1 Å². The Hall–Kier alpha value is -2.22. The van der Waals surface area contributed by atoms with Crippen molar-refractivity contribution in [1.29, 1.82) is 0 Å². The summed E-state index contributed by atoms with van der Waals surface area (Å²) in [7, 11) is -0.225. The van der Waals surface area contributed by atoms with Gasteiger partial charge >= 0.3 is 0 Å². The Labute approximate surface area is 165 Å². The van der Waals surface area contributed by atoms with E-state index in [4.69, 9.17) is 4.74 Å². The van der Waals surface area contributed by atoms with Crippen LogP contribution in [-0.2, 0) is 11.0 Å². The largest absolute Gasteiger partial charge is 0.494 e. The van der Waals surface area contributed by atoms with Gasteiger partial charge in [0.25, 0.3) is 0 Å². The highest BCUT2D eigenvalue weighted by atomic mass is 32.2. The van der Waals surface area contributed by atoms with Gasteiger partial charge in [-0.25, -0.2) is 17.4 Å². The van der Waals surface area contributed by atoms with Crippen LogP contribution in [-0.4, -0.2) is 16.1 Å². The maximum Gasteiger partial charge on any atom is 0.184 e. The summed E-state index contributed by atoms with van der Waals surface area (Å²) in [6, 6.07) is 5.24. The molecule has 1 fully saturated rings. The minimum atomic E-state index is -1.53. The molecule has 0 saturated heterocycles. The maximum atomic E-state index is 14.6. The number of ether oxygens (including phenoxy) is 1. The van der Waals surface area contributed by atoms with E-state index in [9.17, 15) is 17.4 Å². The predicted molar refractivity (Wildman–Crippen MR) is 106 cm³/mol. The summed E-state index contributed by atoms with van der Waals surface area (Å²) in [6.07, 6.45) is 3.21. The third-order valence-corrected chi connectivity index (χ3v) is 6.68. The minimum absolute atomic E-state index is 0.00193. The molecular weight excluding hydrogens is 389 g/mol. The summed E-state index contributed by atoms with van der Waals surface area (Å²) < 4.78 is 63.4. The second-order valence-electron chi connectivity index (χ2n) is 7.04. The molecule has 0 aromatic heterocycles. The van der Waals surface area contributed by atoms with Crippen LogP contribution in [0.5, 0.6) is 5.75 Å². The van der Waals surface area contributed by atoms with Crippen LogP contribution in [0.1, 0.15) is 38.2 Å². The van der Waals surface area contributed by atoms with Crippen molar-refractivity contribution in [3.8, 4) is 5.75 Å². The average Bonchev–Trinajstić information content (AvgIpc) is 3.43. The van der Waals surface area contributed by atoms with Gasteiger partial charge in [0.05, 0.1) is 17.5 Å². The molecule has 0 bridgehead atoms. The number of hydrogen-bond acceptors (Lipinski definition) is 3.